The molecular weight excluding hydrogens is 510 g/mol. The number of nitrogens with one attached hydrogen (secondary N) is 1. The van der Waals surface area contributed by atoms with Crippen molar-refractivity contribution < 1.29 is 25.5 Å². The molecule has 11 heteroatoms. The molecule has 1 fully saturated rings. The van der Waals surface area contributed by atoms with E-state index < -0.39 is 32.3 Å². The van der Waals surface area contributed by atoms with Crippen LogP contribution in [0, 0.1) is 11.3 Å². The molecule has 0 atom stereocenters. The van der Waals surface area contributed by atoms with Crippen molar-refractivity contribution in [2.24, 2.45) is 0 Å². The number of nitriles is 1. The van der Waals surface area contributed by atoms with E-state index in [0.29, 0.717) is 22.1 Å². The maximum absolute atomic E-state index is 14.3. The maximum Gasteiger partial charge on any atom is 0.417 e. The summed E-state index contributed by atoms with van der Waals surface area (Å²) in [5, 5.41) is 9.83. The minimum Gasteiger partial charge on any atom is -0.340 e. The molecule has 186 valence electrons. The molecule has 6 nitrogen and oxygen atoms in total. The number of fused-ring (bicyclic) bond motifs is 4. The molecule has 1 aliphatic rings. The smallest absolute Gasteiger partial charge is 0.340 e. The summed E-state index contributed by atoms with van der Waals surface area (Å²) in [7, 11) is -5.16. The predicted octanol–water partition coefficient (Wildman–Crippen LogP) is 6.19. The van der Waals surface area contributed by atoms with Crippen LogP contribution in [0.3, 0.4) is 0 Å². The van der Waals surface area contributed by atoms with Crippen LogP contribution in [0.5, 0.6) is 0 Å². The van der Waals surface area contributed by atoms with Crippen molar-refractivity contribution in [3.8, 4) is 17.2 Å². The van der Waals surface area contributed by atoms with Crippen LogP contribution in [0.25, 0.3) is 44.0 Å². The molecule has 0 bridgehead atoms. The van der Waals surface area contributed by atoms with Crippen LogP contribution in [0.2, 0.25) is 0 Å². The second kappa shape index (κ2) is 7.66. The molecule has 5 aromatic rings. The van der Waals surface area contributed by atoms with E-state index in [9.17, 15) is 35.5 Å². The summed E-state index contributed by atoms with van der Waals surface area (Å²) in [6.45, 7) is 0. The van der Waals surface area contributed by atoms with Gasteiger partial charge < -0.3 is 9.55 Å². The van der Waals surface area contributed by atoms with E-state index in [0.717, 1.165) is 37.1 Å². The van der Waals surface area contributed by atoms with Gasteiger partial charge in [-0.05, 0) is 60.4 Å². The summed E-state index contributed by atoms with van der Waals surface area (Å²) in [6.07, 6.45) is -3.39. The Balaban J connectivity index is 1.77. The zero-order chi connectivity index (χ0) is 26.3. The summed E-state index contributed by atoms with van der Waals surface area (Å²) in [6, 6.07) is 12.9. The molecule has 2 heterocycles. The molecule has 2 aromatic heterocycles. The number of halogens is 4. The Bertz CT molecular complexity index is 2000. The van der Waals surface area contributed by atoms with Crippen LogP contribution in [0.15, 0.2) is 64.3 Å². The molecule has 1 N–H and O–H groups in total. The predicted molar refractivity (Wildman–Crippen MR) is 129 cm³/mol. The fourth-order valence-electron chi connectivity index (χ4n) is 4.89. The van der Waals surface area contributed by atoms with Crippen LogP contribution in [0.4, 0.5) is 17.1 Å². The number of aromatic nitrogens is 2. The van der Waals surface area contributed by atoms with Gasteiger partial charge in [-0.3, -0.25) is 4.79 Å². The highest BCUT2D eigenvalue weighted by molar-refractivity contribution is 7.86. The average molecular weight is 525 g/mol. The van der Waals surface area contributed by atoms with Crippen LogP contribution in [-0.4, -0.2) is 18.0 Å². The van der Waals surface area contributed by atoms with Gasteiger partial charge in [0.1, 0.15) is 5.65 Å². The fraction of sp³-hybridized carbons (Fsp3) is 0.154. The number of alkyl halides is 3. The quantitative estimate of drug-likeness (QED) is 0.225. The monoisotopic (exact) mass is 525 g/mol. The Morgan fingerprint density at radius 3 is 2.43 bits per heavy atom. The van der Waals surface area contributed by atoms with Crippen molar-refractivity contribution in [1.29, 1.82) is 5.26 Å². The van der Waals surface area contributed by atoms with Gasteiger partial charge in [-0.2, -0.15) is 26.9 Å². The molecule has 0 radical (unpaired) electrons. The van der Waals surface area contributed by atoms with Gasteiger partial charge in [0.2, 0.25) is 0 Å². The highest BCUT2D eigenvalue weighted by Gasteiger charge is 2.36. The average Bonchev–Trinajstić information content (AvgIpc) is 3.61. The van der Waals surface area contributed by atoms with E-state index in [1.807, 2.05) is 6.07 Å². The van der Waals surface area contributed by atoms with Crippen molar-refractivity contribution in [1.82, 2.24) is 9.55 Å². The van der Waals surface area contributed by atoms with Gasteiger partial charge in [0, 0.05) is 22.3 Å². The van der Waals surface area contributed by atoms with Crippen molar-refractivity contribution in [2.45, 2.75) is 30.0 Å². The van der Waals surface area contributed by atoms with Crippen LogP contribution in [0.1, 0.15) is 30.0 Å². The molecule has 1 aliphatic carbocycles. The Hall–Kier alpha value is -4.17. The van der Waals surface area contributed by atoms with E-state index in [-0.39, 0.29) is 33.5 Å². The lowest BCUT2D eigenvalue weighted by molar-refractivity contribution is -0.137. The number of nitrogens with zero attached hydrogens (tertiary/aromatic N) is 2. The molecular formula is C26H15F4N3O3S. The number of aromatic amines is 1. The Kier molecular flexibility index (Phi) is 4.81. The molecule has 0 amide bonds. The van der Waals surface area contributed by atoms with Gasteiger partial charge in [0.15, 0.2) is 5.43 Å². The van der Waals surface area contributed by atoms with Crippen LogP contribution < -0.4 is 5.43 Å². The number of H-pyrrole nitrogens is 1. The summed E-state index contributed by atoms with van der Waals surface area (Å²) in [5.74, 6) is 0. The Labute approximate surface area is 206 Å². The van der Waals surface area contributed by atoms with E-state index >= 15 is 0 Å². The summed E-state index contributed by atoms with van der Waals surface area (Å²) in [5.41, 5.74) is -0.737. The largest absolute Gasteiger partial charge is 0.417 e. The lowest BCUT2D eigenvalue weighted by Crippen LogP contribution is -2.14. The Morgan fingerprint density at radius 1 is 1.03 bits per heavy atom. The zero-order valence-corrected chi connectivity index (χ0v) is 19.5. The normalized spacial score (nSPS) is 14.5. The minimum atomic E-state index is -5.16. The van der Waals surface area contributed by atoms with Crippen molar-refractivity contribution >= 4 is 43.1 Å². The SMILES string of the molecule is N#Cc1ccc2c(c1)[nH]c1c2c(=O)c2cc(C(F)(F)F)c(-c3cccc(S(=O)(=O)F)c3)cc2n1C1CC1. The first-order valence-electron chi connectivity index (χ1n) is 11.2. The molecule has 37 heavy (non-hydrogen) atoms. The summed E-state index contributed by atoms with van der Waals surface area (Å²) < 4.78 is 81.0. The number of rotatable bonds is 3. The fourth-order valence-corrected chi connectivity index (χ4v) is 5.40. The molecule has 0 saturated heterocycles. The first-order chi connectivity index (χ1) is 17.5. The van der Waals surface area contributed by atoms with Gasteiger partial charge in [0.05, 0.1) is 33.0 Å². The topological polar surface area (TPSA) is 95.7 Å². The Morgan fingerprint density at radius 2 is 1.78 bits per heavy atom. The third-order valence-electron chi connectivity index (χ3n) is 6.66. The van der Waals surface area contributed by atoms with Crippen molar-refractivity contribution in [3.05, 3.63) is 75.9 Å². The minimum absolute atomic E-state index is 0.0729. The molecule has 0 aliphatic heterocycles. The second-order valence-electron chi connectivity index (χ2n) is 9.03. The van der Waals surface area contributed by atoms with Crippen LogP contribution in [-0.2, 0) is 16.4 Å². The van der Waals surface area contributed by atoms with Gasteiger partial charge >= 0.3 is 16.4 Å². The zero-order valence-electron chi connectivity index (χ0n) is 18.7. The summed E-state index contributed by atoms with van der Waals surface area (Å²) in [4.78, 5) is 16.0. The van der Waals surface area contributed by atoms with Gasteiger partial charge in [0.25, 0.3) is 0 Å². The molecule has 0 spiro atoms. The van der Waals surface area contributed by atoms with Crippen molar-refractivity contribution in [2.75, 3.05) is 0 Å². The van der Waals surface area contributed by atoms with Crippen LogP contribution >= 0.6 is 0 Å². The standard InChI is InChI=1S/C26H15F4N3O3S/c27-26(28,29)20-10-19-22(11-18(20)14-2-1-3-16(9-14)37(30,35)36)33(15-5-6-15)25-23(24(19)34)17-7-4-13(12-31)8-21(17)32-25/h1-4,7-11,15,32H,5-6H2. The van der Waals surface area contributed by atoms with Gasteiger partial charge in [-0.15, -0.1) is 3.89 Å². The maximum atomic E-state index is 14.3. The number of pyridine rings is 1. The third kappa shape index (κ3) is 3.67. The number of benzene rings is 3. The third-order valence-corrected chi connectivity index (χ3v) is 7.48. The van der Waals surface area contributed by atoms with E-state index in [2.05, 4.69) is 4.98 Å². The first-order valence-corrected chi connectivity index (χ1v) is 12.6. The second-order valence-corrected chi connectivity index (χ2v) is 10.4. The molecule has 6 rings (SSSR count). The number of hydrogen-bond acceptors (Lipinski definition) is 4. The lowest BCUT2D eigenvalue weighted by Gasteiger charge is -2.18. The molecule has 1 saturated carbocycles. The summed E-state index contributed by atoms with van der Waals surface area (Å²) >= 11 is 0. The number of hydrogen-bond donors (Lipinski definition) is 1. The first kappa shape index (κ1) is 23.2. The van der Waals surface area contributed by atoms with E-state index in [4.69, 9.17) is 0 Å². The van der Waals surface area contributed by atoms with Gasteiger partial charge in [-0.1, -0.05) is 18.2 Å². The molecule has 3 aromatic carbocycles. The van der Waals surface area contributed by atoms with Gasteiger partial charge in [-0.25, -0.2) is 0 Å². The highest BCUT2D eigenvalue weighted by atomic mass is 32.3. The highest BCUT2D eigenvalue weighted by Crippen LogP contribution is 2.44. The van der Waals surface area contributed by atoms with E-state index in [1.165, 1.54) is 18.2 Å². The lowest BCUT2D eigenvalue weighted by atomic mass is 9.96. The molecule has 0 unspecified atom stereocenters. The van der Waals surface area contributed by atoms with E-state index in [1.54, 1.807) is 16.7 Å². The van der Waals surface area contributed by atoms with Crippen molar-refractivity contribution in [3.63, 3.8) is 0 Å².